The summed E-state index contributed by atoms with van der Waals surface area (Å²) < 4.78 is 9.06. The van der Waals surface area contributed by atoms with E-state index in [1.54, 1.807) is 0 Å². The molecule has 0 aliphatic carbocycles. The summed E-state index contributed by atoms with van der Waals surface area (Å²) in [4.78, 5) is 12.4. The first-order valence-electron chi connectivity index (χ1n) is 30.0. The standard InChI is InChI=1S/C78H57B2N5OS/c1-50-28-36-57(37-29-50)81(58-38-30-51(2)31-39-58)61-44-69-76-70(45-61)84(55-20-10-6-11-21-55)68-49-72-66(48-65(68)79(76)64-25-15-16-26-67(64)83(69)54-18-8-5-9-19-54)80-75-63-24-14-17-27-74(63)87-78(75)85(56-22-12-7-13-23-56)71-46-62(47-73(86-72)77(71)80)82(59-40-32-52(3)33-41-59)60-42-34-53(4)35-43-60/h5-49H,1-4H3. The second kappa shape index (κ2) is 20.1. The number of hydrogen-bond donors (Lipinski definition) is 0. The van der Waals surface area contributed by atoms with Crippen molar-refractivity contribution in [1.82, 2.24) is 0 Å². The summed E-state index contributed by atoms with van der Waals surface area (Å²) in [5.41, 5.74) is 27.4. The zero-order chi connectivity index (χ0) is 58.0. The molecule has 0 unspecified atom stereocenters. The van der Waals surface area contributed by atoms with Gasteiger partial charge in [0.05, 0.1) is 16.4 Å². The Morgan fingerprint density at radius 1 is 0.310 bits per heavy atom. The number of fused-ring (bicyclic) bond motifs is 10. The Balaban J connectivity index is 0.961. The summed E-state index contributed by atoms with van der Waals surface area (Å²) in [6.45, 7) is 8.29. The molecule has 1 aromatic heterocycles. The molecule has 0 saturated carbocycles. The quantitative estimate of drug-likeness (QED) is 0.134. The van der Waals surface area contributed by atoms with Crippen LogP contribution in [0.3, 0.4) is 0 Å². The van der Waals surface area contributed by atoms with Gasteiger partial charge in [0, 0.05) is 85.1 Å². The number of para-hydroxylation sites is 4. The van der Waals surface area contributed by atoms with Gasteiger partial charge in [-0.25, -0.2) is 0 Å². The number of thiophene rings is 1. The van der Waals surface area contributed by atoms with Gasteiger partial charge >= 0.3 is 0 Å². The topological polar surface area (TPSA) is 25.4 Å². The molecule has 5 heterocycles. The number of rotatable bonds is 9. The minimum Gasteiger partial charge on any atom is -0.458 e. The lowest BCUT2D eigenvalue weighted by Gasteiger charge is -2.46. The van der Waals surface area contributed by atoms with E-state index in [9.17, 15) is 0 Å². The van der Waals surface area contributed by atoms with Gasteiger partial charge < -0.3 is 29.2 Å². The molecule has 412 valence electrons. The maximum Gasteiger partial charge on any atom is 0.258 e. The molecule has 0 saturated heterocycles. The first-order chi connectivity index (χ1) is 42.8. The first kappa shape index (κ1) is 51.0. The van der Waals surface area contributed by atoms with Crippen molar-refractivity contribution in [3.05, 3.63) is 295 Å². The monoisotopic (exact) mass is 1130 g/mol. The van der Waals surface area contributed by atoms with E-state index in [0.29, 0.717) is 0 Å². The Morgan fingerprint density at radius 3 is 1.28 bits per heavy atom. The lowest BCUT2D eigenvalue weighted by Crippen LogP contribution is -2.64. The number of anilines is 15. The normalized spacial score (nSPS) is 13.0. The Labute approximate surface area is 512 Å². The van der Waals surface area contributed by atoms with Gasteiger partial charge in [-0.1, -0.05) is 168 Å². The van der Waals surface area contributed by atoms with E-state index < -0.39 is 0 Å². The van der Waals surface area contributed by atoms with Gasteiger partial charge in [-0.2, -0.15) is 0 Å². The average molecular weight is 1130 g/mol. The highest BCUT2D eigenvalue weighted by atomic mass is 32.1. The maximum absolute atomic E-state index is 7.81. The van der Waals surface area contributed by atoms with Crippen LogP contribution in [-0.4, -0.2) is 13.4 Å². The van der Waals surface area contributed by atoms with Gasteiger partial charge in [0.2, 0.25) is 0 Å². The van der Waals surface area contributed by atoms with Crippen LogP contribution in [-0.2, 0) is 0 Å². The van der Waals surface area contributed by atoms with Crippen LogP contribution in [0.5, 0.6) is 11.5 Å². The van der Waals surface area contributed by atoms with E-state index in [1.807, 2.05) is 11.3 Å². The highest BCUT2D eigenvalue weighted by Gasteiger charge is 2.49. The van der Waals surface area contributed by atoms with Crippen molar-refractivity contribution in [2.24, 2.45) is 0 Å². The van der Waals surface area contributed by atoms with Crippen molar-refractivity contribution in [2.75, 3.05) is 24.5 Å². The van der Waals surface area contributed by atoms with E-state index in [-0.39, 0.29) is 13.4 Å². The molecule has 12 aromatic carbocycles. The number of hydrogen-bond acceptors (Lipinski definition) is 7. The van der Waals surface area contributed by atoms with Crippen LogP contribution in [0.1, 0.15) is 22.3 Å². The third kappa shape index (κ3) is 8.17. The predicted molar refractivity (Wildman–Crippen MR) is 370 cm³/mol. The van der Waals surface area contributed by atoms with Crippen LogP contribution in [0.15, 0.2) is 273 Å². The first-order valence-corrected chi connectivity index (χ1v) is 30.9. The molecule has 0 N–H and O–H groups in total. The third-order valence-electron chi connectivity index (χ3n) is 18.1. The second-order valence-electron chi connectivity index (χ2n) is 23.6. The Kier molecular flexibility index (Phi) is 11.8. The summed E-state index contributed by atoms with van der Waals surface area (Å²) in [5.74, 6) is 1.68. The van der Waals surface area contributed by atoms with Crippen LogP contribution in [0.4, 0.5) is 84.6 Å². The van der Waals surface area contributed by atoms with E-state index in [1.165, 1.54) is 59.2 Å². The fourth-order valence-corrected chi connectivity index (χ4v) is 15.4. The predicted octanol–water partition coefficient (Wildman–Crippen LogP) is 17.6. The van der Waals surface area contributed by atoms with E-state index >= 15 is 0 Å². The zero-order valence-electron chi connectivity index (χ0n) is 48.7. The molecule has 13 aromatic rings. The molecule has 4 aliphatic rings. The maximum atomic E-state index is 7.81. The third-order valence-corrected chi connectivity index (χ3v) is 19.3. The minimum absolute atomic E-state index is 0.156. The highest BCUT2D eigenvalue weighted by molar-refractivity contribution is 7.26. The van der Waals surface area contributed by atoms with Gasteiger partial charge in [0.15, 0.2) is 0 Å². The second-order valence-corrected chi connectivity index (χ2v) is 24.6. The smallest absolute Gasteiger partial charge is 0.258 e. The van der Waals surface area contributed by atoms with Crippen molar-refractivity contribution < 1.29 is 4.74 Å². The number of nitrogens with zero attached hydrogens (tertiary/aromatic N) is 5. The van der Waals surface area contributed by atoms with Crippen LogP contribution >= 0.6 is 11.3 Å². The van der Waals surface area contributed by atoms with Crippen LogP contribution in [0.2, 0.25) is 0 Å². The summed E-state index contributed by atoms with van der Waals surface area (Å²) in [6, 6.07) is 101. The van der Waals surface area contributed by atoms with Crippen LogP contribution in [0.25, 0.3) is 10.1 Å². The lowest BCUT2D eigenvalue weighted by atomic mass is 9.30. The molecule has 0 radical (unpaired) electrons. The fraction of sp³-hybridized carbons (Fsp3) is 0.0513. The molecule has 0 amide bonds. The number of aryl methyl sites for hydroxylation is 4. The van der Waals surface area contributed by atoms with Crippen molar-refractivity contribution in [3.8, 4) is 11.5 Å². The van der Waals surface area contributed by atoms with E-state index in [2.05, 4.69) is 325 Å². The molecule has 0 spiro atoms. The van der Waals surface area contributed by atoms with Crippen molar-refractivity contribution in [1.29, 1.82) is 0 Å². The number of ether oxygens (including phenoxy) is 1. The molecule has 9 heteroatoms. The van der Waals surface area contributed by atoms with Gasteiger partial charge in [0.1, 0.15) is 11.5 Å². The molecule has 0 atom stereocenters. The van der Waals surface area contributed by atoms with Crippen molar-refractivity contribution in [3.63, 3.8) is 0 Å². The molecule has 0 bridgehead atoms. The van der Waals surface area contributed by atoms with Crippen molar-refractivity contribution >= 4 is 152 Å². The lowest BCUT2D eigenvalue weighted by molar-refractivity contribution is 0.488. The van der Waals surface area contributed by atoms with Gasteiger partial charge in [0.25, 0.3) is 13.4 Å². The minimum atomic E-state index is -0.179. The molecule has 17 rings (SSSR count). The average Bonchev–Trinajstić information content (AvgIpc) is 1.57. The Morgan fingerprint density at radius 2 is 0.747 bits per heavy atom. The van der Waals surface area contributed by atoms with Crippen LogP contribution in [0, 0.1) is 27.7 Å². The molecule has 4 aliphatic heterocycles. The Bertz CT molecular complexity index is 4760. The SMILES string of the molecule is Cc1ccc(N(c2ccc(C)cc2)c2cc3c4c(c2)N(c2ccccc2)c2sc5ccccc5c2B4c2cc4c(cc2O3)N(c2ccccc2)c2cc(N(c3ccc(C)cc3)c3ccc(C)cc3)cc3c2B4c2ccccc2N3c2ccccc2)cc1. The summed E-state index contributed by atoms with van der Waals surface area (Å²) in [5, 5.41) is 2.47. The summed E-state index contributed by atoms with van der Waals surface area (Å²) >= 11 is 1.88. The Hall–Kier alpha value is -10.5. The molecule has 87 heavy (non-hydrogen) atoms. The zero-order valence-corrected chi connectivity index (χ0v) is 49.5. The van der Waals surface area contributed by atoms with Crippen molar-refractivity contribution in [2.45, 2.75) is 27.7 Å². The highest BCUT2D eigenvalue weighted by Crippen LogP contribution is 2.52. The molecule has 6 nitrogen and oxygen atoms in total. The van der Waals surface area contributed by atoms with E-state index in [4.69, 9.17) is 4.74 Å². The molecular weight excluding hydrogens is 1080 g/mol. The largest absolute Gasteiger partial charge is 0.458 e. The summed E-state index contributed by atoms with van der Waals surface area (Å²) in [7, 11) is 0. The van der Waals surface area contributed by atoms with Gasteiger partial charge in [-0.15, -0.1) is 11.3 Å². The van der Waals surface area contributed by atoms with Crippen LogP contribution < -0.4 is 62.0 Å². The fourth-order valence-electron chi connectivity index (χ4n) is 14.1. The molecule has 0 fully saturated rings. The summed E-state index contributed by atoms with van der Waals surface area (Å²) in [6.07, 6.45) is 0. The van der Waals surface area contributed by atoms with Gasteiger partial charge in [-0.3, -0.25) is 0 Å². The number of benzene rings is 12. The molecular formula is C78H57B2N5OS. The van der Waals surface area contributed by atoms with E-state index in [0.717, 1.165) is 102 Å². The van der Waals surface area contributed by atoms with Gasteiger partial charge in [-0.05, 0) is 181 Å².